The van der Waals surface area contributed by atoms with Crippen molar-refractivity contribution >= 4 is 17.0 Å². The molecular weight excluding hydrogens is 274 g/mol. The Balaban J connectivity index is 2.26. The highest BCUT2D eigenvalue weighted by atomic mass is 16.5. The number of phenolic OH excluding ortho intramolecular Hbond substituents is 1. The van der Waals surface area contributed by atoms with Crippen molar-refractivity contribution in [2.75, 3.05) is 0 Å². The molecule has 3 aromatic rings. The highest BCUT2D eigenvalue weighted by Gasteiger charge is 2.20. The van der Waals surface area contributed by atoms with E-state index in [1.807, 2.05) is 6.92 Å². The number of hydrogen-bond acceptors (Lipinski definition) is 4. The molecule has 7 heteroatoms. The van der Waals surface area contributed by atoms with Gasteiger partial charge in [-0.2, -0.15) is 0 Å². The number of nitrogens with zero attached hydrogens (tertiary/aromatic N) is 3. The van der Waals surface area contributed by atoms with Gasteiger partial charge in [0, 0.05) is 6.07 Å². The molecule has 0 aliphatic heterocycles. The van der Waals surface area contributed by atoms with Crippen LogP contribution in [0.4, 0.5) is 0 Å². The molecule has 2 N–H and O–H groups in total. The SMILES string of the molecule is Cc1ccc(O)c(-n2nc3cc(C(=O)O)ccc3[n+]2[O-])c1. The lowest BCUT2D eigenvalue weighted by atomic mass is 10.2. The normalized spacial score (nSPS) is 10.9. The summed E-state index contributed by atoms with van der Waals surface area (Å²) in [6.07, 6.45) is 0. The summed E-state index contributed by atoms with van der Waals surface area (Å²) >= 11 is 0. The number of fused-ring (bicyclic) bond motifs is 1. The second-order valence-corrected chi connectivity index (χ2v) is 4.66. The minimum absolute atomic E-state index is 0.0428. The molecule has 3 rings (SSSR count). The Bertz CT molecular complexity index is 870. The predicted octanol–water partition coefficient (Wildman–Crippen LogP) is 1.37. The zero-order valence-corrected chi connectivity index (χ0v) is 11.0. The topological polar surface area (TPSA) is 102 Å². The molecule has 0 unspecified atom stereocenters. The van der Waals surface area contributed by atoms with Gasteiger partial charge in [0.15, 0.2) is 5.69 Å². The van der Waals surface area contributed by atoms with Gasteiger partial charge in [0.1, 0.15) is 5.75 Å². The molecule has 2 aromatic carbocycles. The quantitative estimate of drug-likeness (QED) is 0.547. The Hall–Kier alpha value is -3.09. The van der Waals surface area contributed by atoms with Crippen LogP contribution in [0.5, 0.6) is 5.75 Å². The fourth-order valence-electron chi connectivity index (χ4n) is 2.09. The van der Waals surface area contributed by atoms with Crippen LogP contribution in [0.1, 0.15) is 15.9 Å². The van der Waals surface area contributed by atoms with E-state index in [0.717, 1.165) is 10.4 Å². The van der Waals surface area contributed by atoms with Crippen LogP contribution in [0.15, 0.2) is 36.4 Å². The largest absolute Gasteiger partial charge is 0.692 e. The smallest absolute Gasteiger partial charge is 0.335 e. The van der Waals surface area contributed by atoms with Crippen LogP contribution < -0.4 is 4.85 Å². The number of aryl methyl sites for hydroxylation is 1. The number of carboxylic acid groups (broad SMARTS) is 1. The van der Waals surface area contributed by atoms with E-state index < -0.39 is 5.97 Å². The maximum absolute atomic E-state index is 12.2. The maximum atomic E-state index is 12.2. The lowest BCUT2D eigenvalue weighted by Gasteiger charge is -2.06. The summed E-state index contributed by atoms with van der Waals surface area (Å²) < 4.78 is 0. The van der Waals surface area contributed by atoms with Crippen molar-refractivity contribution < 1.29 is 19.9 Å². The number of benzene rings is 2. The molecule has 0 fully saturated rings. The summed E-state index contributed by atoms with van der Waals surface area (Å²) in [5, 5.41) is 35.1. The van der Waals surface area contributed by atoms with Crippen LogP contribution >= 0.6 is 0 Å². The highest BCUT2D eigenvalue weighted by Crippen LogP contribution is 2.22. The molecular formula is C14H11N3O4. The van der Waals surface area contributed by atoms with E-state index in [-0.39, 0.29) is 28.0 Å². The van der Waals surface area contributed by atoms with Crippen LogP contribution in [0.3, 0.4) is 0 Å². The van der Waals surface area contributed by atoms with E-state index in [0.29, 0.717) is 4.85 Å². The van der Waals surface area contributed by atoms with Crippen LogP contribution in [-0.4, -0.2) is 26.1 Å². The first-order valence-corrected chi connectivity index (χ1v) is 6.13. The Morgan fingerprint density at radius 3 is 2.76 bits per heavy atom. The summed E-state index contributed by atoms with van der Waals surface area (Å²) in [7, 11) is 0. The van der Waals surface area contributed by atoms with Gasteiger partial charge in [-0.25, -0.2) is 4.79 Å². The first-order valence-electron chi connectivity index (χ1n) is 6.13. The van der Waals surface area contributed by atoms with Crippen molar-refractivity contribution in [3.63, 3.8) is 0 Å². The monoisotopic (exact) mass is 285 g/mol. The third-order valence-corrected chi connectivity index (χ3v) is 3.15. The predicted molar refractivity (Wildman–Crippen MR) is 73.4 cm³/mol. The molecule has 0 spiro atoms. The number of aromatic nitrogens is 3. The van der Waals surface area contributed by atoms with E-state index in [1.165, 1.54) is 24.3 Å². The highest BCUT2D eigenvalue weighted by molar-refractivity contribution is 5.91. The summed E-state index contributed by atoms with van der Waals surface area (Å²) in [6.45, 7) is 1.82. The third kappa shape index (κ3) is 2.04. The zero-order chi connectivity index (χ0) is 15.1. The van der Waals surface area contributed by atoms with Crippen LogP contribution in [-0.2, 0) is 0 Å². The van der Waals surface area contributed by atoms with E-state index in [9.17, 15) is 15.1 Å². The summed E-state index contributed by atoms with van der Waals surface area (Å²) in [4.78, 5) is 12.5. The number of rotatable bonds is 2. The Kier molecular flexibility index (Phi) is 2.76. The zero-order valence-electron chi connectivity index (χ0n) is 11.0. The first-order chi connectivity index (χ1) is 9.97. The number of phenols is 1. The van der Waals surface area contributed by atoms with E-state index >= 15 is 0 Å². The molecule has 0 saturated heterocycles. The van der Waals surface area contributed by atoms with Crippen molar-refractivity contribution in [3.8, 4) is 11.4 Å². The molecule has 1 heterocycles. The average molecular weight is 285 g/mol. The number of carboxylic acids is 1. The van der Waals surface area contributed by atoms with Gasteiger partial charge in [-0.1, -0.05) is 6.07 Å². The fourth-order valence-corrected chi connectivity index (χ4v) is 2.09. The standard InChI is InChI=1S/C14H11N3O4/c1-8-2-5-13(18)12(6-8)16-15-10-7-9(14(19)20)3-4-11(10)17(16)21/h2-7,18H,1H3,(H,19,20). The Morgan fingerprint density at radius 1 is 1.29 bits per heavy atom. The van der Waals surface area contributed by atoms with Gasteiger partial charge >= 0.3 is 5.97 Å². The van der Waals surface area contributed by atoms with Crippen LogP contribution in [0.2, 0.25) is 0 Å². The van der Waals surface area contributed by atoms with Crippen molar-refractivity contribution in [1.29, 1.82) is 0 Å². The minimum Gasteiger partial charge on any atom is -0.692 e. The molecule has 0 saturated carbocycles. The number of carbonyl (C=O) groups is 1. The molecule has 1 aromatic heterocycles. The molecule has 0 aliphatic carbocycles. The van der Waals surface area contributed by atoms with Crippen molar-refractivity contribution in [3.05, 3.63) is 52.7 Å². The molecule has 106 valence electrons. The van der Waals surface area contributed by atoms with Gasteiger partial charge in [0.2, 0.25) is 5.52 Å². The number of aromatic carboxylic acids is 1. The van der Waals surface area contributed by atoms with E-state index in [1.54, 1.807) is 12.1 Å². The van der Waals surface area contributed by atoms with Crippen molar-refractivity contribution in [2.45, 2.75) is 6.92 Å². The third-order valence-electron chi connectivity index (χ3n) is 3.15. The minimum atomic E-state index is -1.10. The molecule has 0 aliphatic rings. The summed E-state index contributed by atoms with van der Waals surface area (Å²) in [5.41, 5.74) is 1.60. The number of aromatic hydroxyl groups is 1. The average Bonchev–Trinajstić information content (AvgIpc) is 2.78. The second kappa shape index (κ2) is 4.48. The summed E-state index contributed by atoms with van der Waals surface area (Å²) in [5.74, 6) is -1.18. The Labute approximate surface area is 118 Å². The summed E-state index contributed by atoms with van der Waals surface area (Å²) in [6, 6.07) is 8.84. The first kappa shape index (κ1) is 12.9. The molecule has 0 amide bonds. The fraction of sp³-hybridized carbons (Fsp3) is 0.0714. The molecule has 0 bridgehead atoms. The lowest BCUT2D eigenvalue weighted by molar-refractivity contribution is -0.664. The van der Waals surface area contributed by atoms with Crippen molar-refractivity contribution in [1.82, 2.24) is 9.90 Å². The van der Waals surface area contributed by atoms with Crippen molar-refractivity contribution in [2.24, 2.45) is 0 Å². The lowest BCUT2D eigenvalue weighted by Crippen LogP contribution is -2.37. The van der Waals surface area contributed by atoms with E-state index in [2.05, 4.69) is 5.10 Å². The molecule has 0 atom stereocenters. The molecule has 0 radical (unpaired) electrons. The van der Waals surface area contributed by atoms with Crippen LogP contribution in [0, 0.1) is 12.1 Å². The van der Waals surface area contributed by atoms with Gasteiger partial charge < -0.3 is 15.4 Å². The van der Waals surface area contributed by atoms with Gasteiger partial charge in [-0.3, -0.25) is 0 Å². The van der Waals surface area contributed by atoms with E-state index in [4.69, 9.17) is 5.11 Å². The van der Waals surface area contributed by atoms with Gasteiger partial charge in [0.05, 0.1) is 10.7 Å². The Morgan fingerprint density at radius 2 is 2.05 bits per heavy atom. The molecule has 7 nitrogen and oxygen atoms in total. The second-order valence-electron chi connectivity index (χ2n) is 4.66. The van der Waals surface area contributed by atoms with Gasteiger partial charge in [-0.05, 0) is 41.5 Å². The number of hydrogen-bond donors (Lipinski definition) is 2. The van der Waals surface area contributed by atoms with Crippen LogP contribution in [0.25, 0.3) is 16.7 Å². The van der Waals surface area contributed by atoms with Gasteiger partial charge in [-0.15, -0.1) is 4.85 Å². The van der Waals surface area contributed by atoms with Gasteiger partial charge in [0.25, 0.3) is 5.52 Å². The maximum Gasteiger partial charge on any atom is 0.335 e. The molecule has 21 heavy (non-hydrogen) atoms.